The number of carbonyl (C=O) groups is 1. The molecule has 1 heterocycles. The van der Waals surface area contributed by atoms with Crippen LogP contribution >= 0.6 is 0 Å². The molecule has 0 spiro atoms. The van der Waals surface area contributed by atoms with E-state index in [0.717, 1.165) is 10.9 Å². The Kier molecular flexibility index (Phi) is 1.77. The van der Waals surface area contributed by atoms with Crippen molar-refractivity contribution in [1.29, 1.82) is 0 Å². The topological polar surface area (TPSA) is 63.3 Å². The maximum atomic E-state index is 10.8. The number of hydrogen-bond donors (Lipinski definition) is 1. The van der Waals surface area contributed by atoms with Crippen molar-refractivity contribution in [1.82, 2.24) is 5.16 Å². The highest BCUT2D eigenvalue weighted by Gasteiger charge is 2.11. The van der Waals surface area contributed by atoms with Gasteiger partial charge in [0.05, 0.1) is 11.3 Å². The Hall–Kier alpha value is -1.84. The smallest absolute Gasteiger partial charge is 0.335 e. The zero-order chi connectivity index (χ0) is 10.3. The number of hydrogen-bond acceptors (Lipinski definition) is 3. The molecule has 1 aromatic carbocycles. The van der Waals surface area contributed by atoms with Crippen LogP contribution < -0.4 is 0 Å². The summed E-state index contributed by atoms with van der Waals surface area (Å²) in [7, 11) is 0. The first-order valence-electron chi connectivity index (χ1n) is 4.19. The monoisotopic (exact) mass is 191 g/mol. The third kappa shape index (κ3) is 1.16. The number of nitrogens with zero attached hydrogens (tertiary/aromatic N) is 1. The van der Waals surface area contributed by atoms with Gasteiger partial charge in [-0.15, -0.1) is 0 Å². The van der Waals surface area contributed by atoms with Gasteiger partial charge in [0, 0.05) is 5.39 Å². The summed E-state index contributed by atoms with van der Waals surface area (Å²) in [6, 6.07) is 3.16. The Bertz CT molecular complexity index is 513. The second-order valence-corrected chi connectivity index (χ2v) is 3.24. The van der Waals surface area contributed by atoms with Crippen molar-refractivity contribution in [2.75, 3.05) is 0 Å². The third-order valence-corrected chi connectivity index (χ3v) is 2.19. The van der Waals surface area contributed by atoms with Crippen molar-refractivity contribution in [2.24, 2.45) is 0 Å². The number of aromatic carboxylic acids is 1. The van der Waals surface area contributed by atoms with Gasteiger partial charge in [-0.05, 0) is 31.5 Å². The highest BCUT2D eigenvalue weighted by atomic mass is 16.5. The van der Waals surface area contributed by atoms with Gasteiger partial charge in [0.2, 0.25) is 0 Å². The zero-order valence-corrected chi connectivity index (χ0v) is 7.87. The normalized spacial score (nSPS) is 10.7. The van der Waals surface area contributed by atoms with Crippen LogP contribution in [0.25, 0.3) is 11.0 Å². The van der Waals surface area contributed by atoms with Crippen LogP contribution in [0.1, 0.15) is 21.6 Å². The molecule has 4 heteroatoms. The van der Waals surface area contributed by atoms with E-state index in [4.69, 9.17) is 9.63 Å². The van der Waals surface area contributed by atoms with E-state index in [9.17, 15) is 4.79 Å². The number of rotatable bonds is 1. The van der Waals surface area contributed by atoms with Crippen LogP contribution in [0.4, 0.5) is 0 Å². The molecule has 0 fully saturated rings. The molecule has 4 nitrogen and oxygen atoms in total. The van der Waals surface area contributed by atoms with Gasteiger partial charge < -0.3 is 9.63 Å². The summed E-state index contributed by atoms with van der Waals surface area (Å²) >= 11 is 0. The molecular formula is C10H9NO3. The molecule has 72 valence electrons. The van der Waals surface area contributed by atoms with Gasteiger partial charge in [0.1, 0.15) is 0 Å². The summed E-state index contributed by atoms with van der Waals surface area (Å²) in [6.07, 6.45) is 0. The van der Waals surface area contributed by atoms with E-state index in [1.807, 2.05) is 0 Å². The molecule has 0 bridgehead atoms. The molecule has 14 heavy (non-hydrogen) atoms. The predicted octanol–water partition coefficient (Wildman–Crippen LogP) is 2.14. The van der Waals surface area contributed by atoms with E-state index >= 15 is 0 Å². The SMILES string of the molecule is Cc1noc2c(C)cc(C(=O)O)cc12. The maximum Gasteiger partial charge on any atom is 0.335 e. The predicted molar refractivity (Wildman–Crippen MR) is 50.4 cm³/mol. The molecule has 0 aliphatic rings. The molecule has 2 aromatic rings. The second kappa shape index (κ2) is 2.83. The minimum absolute atomic E-state index is 0.265. The number of carboxylic acids is 1. The number of benzene rings is 1. The van der Waals surface area contributed by atoms with Gasteiger partial charge in [-0.2, -0.15) is 0 Å². The van der Waals surface area contributed by atoms with Crippen LogP contribution in [0.2, 0.25) is 0 Å². The lowest BCUT2D eigenvalue weighted by Gasteiger charge is -1.97. The molecule has 0 saturated heterocycles. The Morgan fingerprint density at radius 1 is 1.43 bits per heavy atom. The second-order valence-electron chi connectivity index (χ2n) is 3.24. The van der Waals surface area contributed by atoms with E-state index in [-0.39, 0.29) is 5.56 Å². The van der Waals surface area contributed by atoms with E-state index in [1.54, 1.807) is 26.0 Å². The van der Waals surface area contributed by atoms with Gasteiger partial charge >= 0.3 is 5.97 Å². The largest absolute Gasteiger partial charge is 0.478 e. The lowest BCUT2D eigenvalue weighted by molar-refractivity contribution is 0.0697. The van der Waals surface area contributed by atoms with Crippen molar-refractivity contribution in [3.63, 3.8) is 0 Å². The van der Waals surface area contributed by atoms with Gasteiger partial charge in [-0.1, -0.05) is 5.16 Å². The molecule has 0 saturated carbocycles. The van der Waals surface area contributed by atoms with Crippen molar-refractivity contribution < 1.29 is 14.4 Å². The summed E-state index contributed by atoms with van der Waals surface area (Å²) in [6.45, 7) is 3.59. The summed E-state index contributed by atoms with van der Waals surface area (Å²) in [5, 5.41) is 13.4. The number of aryl methyl sites for hydroxylation is 2. The molecule has 0 radical (unpaired) electrons. The Morgan fingerprint density at radius 3 is 2.79 bits per heavy atom. The fourth-order valence-corrected chi connectivity index (χ4v) is 1.45. The molecule has 1 aromatic heterocycles. The fourth-order valence-electron chi connectivity index (χ4n) is 1.45. The summed E-state index contributed by atoms with van der Waals surface area (Å²) in [5.41, 5.74) is 2.43. The molecule has 0 atom stereocenters. The van der Waals surface area contributed by atoms with Crippen molar-refractivity contribution >= 4 is 16.9 Å². The molecule has 0 aliphatic carbocycles. The minimum atomic E-state index is -0.935. The van der Waals surface area contributed by atoms with Crippen LogP contribution in [-0.2, 0) is 0 Å². The molecule has 1 N–H and O–H groups in total. The first kappa shape index (κ1) is 8.74. The van der Waals surface area contributed by atoms with E-state index < -0.39 is 5.97 Å². The number of fused-ring (bicyclic) bond motifs is 1. The summed E-state index contributed by atoms with van der Waals surface area (Å²) in [4.78, 5) is 10.8. The average Bonchev–Trinajstić information content (AvgIpc) is 2.48. The van der Waals surface area contributed by atoms with Crippen LogP contribution in [0.15, 0.2) is 16.7 Å². The van der Waals surface area contributed by atoms with Crippen LogP contribution in [0.3, 0.4) is 0 Å². The summed E-state index contributed by atoms with van der Waals surface area (Å²) in [5.74, 6) is -0.935. The molecule has 0 amide bonds. The fraction of sp³-hybridized carbons (Fsp3) is 0.200. The standard InChI is InChI=1S/C10H9NO3/c1-5-3-7(10(12)13)4-8-6(2)11-14-9(5)8/h3-4H,1-2H3,(H,12,13). The molecular weight excluding hydrogens is 182 g/mol. The van der Waals surface area contributed by atoms with Crippen molar-refractivity contribution in [3.05, 3.63) is 29.0 Å². The Morgan fingerprint density at radius 2 is 2.14 bits per heavy atom. The minimum Gasteiger partial charge on any atom is -0.478 e. The van der Waals surface area contributed by atoms with Crippen LogP contribution in [-0.4, -0.2) is 16.2 Å². The highest BCUT2D eigenvalue weighted by Crippen LogP contribution is 2.23. The lowest BCUT2D eigenvalue weighted by Crippen LogP contribution is -1.96. The zero-order valence-electron chi connectivity index (χ0n) is 7.87. The van der Waals surface area contributed by atoms with Gasteiger partial charge in [-0.25, -0.2) is 4.79 Å². The number of aromatic nitrogens is 1. The first-order valence-corrected chi connectivity index (χ1v) is 4.19. The van der Waals surface area contributed by atoms with Crippen molar-refractivity contribution in [3.8, 4) is 0 Å². The molecule has 0 unspecified atom stereocenters. The Labute approximate surface area is 80.1 Å². The lowest BCUT2D eigenvalue weighted by atomic mass is 10.1. The first-order chi connectivity index (χ1) is 6.59. The summed E-state index contributed by atoms with van der Waals surface area (Å²) < 4.78 is 5.07. The third-order valence-electron chi connectivity index (χ3n) is 2.19. The quantitative estimate of drug-likeness (QED) is 0.750. The van der Waals surface area contributed by atoms with Gasteiger partial charge in [0.25, 0.3) is 0 Å². The van der Waals surface area contributed by atoms with E-state index in [2.05, 4.69) is 5.16 Å². The van der Waals surface area contributed by atoms with Crippen LogP contribution in [0, 0.1) is 13.8 Å². The van der Waals surface area contributed by atoms with Gasteiger partial charge in [-0.3, -0.25) is 0 Å². The van der Waals surface area contributed by atoms with E-state index in [0.29, 0.717) is 11.3 Å². The van der Waals surface area contributed by atoms with Crippen molar-refractivity contribution in [2.45, 2.75) is 13.8 Å². The van der Waals surface area contributed by atoms with E-state index in [1.165, 1.54) is 0 Å². The average molecular weight is 191 g/mol. The molecule has 2 rings (SSSR count). The number of carboxylic acid groups (broad SMARTS) is 1. The van der Waals surface area contributed by atoms with Gasteiger partial charge in [0.15, 0.2) is 5.58 Å². The highest BCUT2D eigenvalue weighted by molar-refractivity contribution is 5.94. The maximum absolute atomic E-state index is 10.8. The molecule has 0 aliphatic heterocycles. The Balaban J connectivity index is 2.82. The van der Waals surface area contributed by atoms with Crippen LogP contribution in [0.5, 0.6) is 0 Å².